The topological polar surface area (TPSA) is 57.2 Å². The van der Waals surface area contributed by atoms with E-state index in [9.17, 15) is 32.3 Å². The number of benzene rings is 1. The number of halogens is 4. The lowest BCUT2D eigenvalue weighted by molar-refractivity contribution is -0.244. The van der Waals surface area contributed by atoms with Crippen LogP contribution in [-0.4, -0.2) is 11.6 Å². The number of allylic oxidation sites excluding steroid dienone is 1. The Morgan fingerprint density at radius 3 is 1.76 bits per heavy atom. The van der Waals surface area contributed by atoms with Crippen molar-refractivity contribution in [2.45, 2.75) is 20.8 Å². The number of carbonyl (C=O) groups excluding carboxylic acids is 2. The fraction of sp³-hybridized carbons (Fsp3) is 0.286. The van der Waals surface area contributed by atoms with E-state index in [-0.39, 0.29) is 0 Å². The lowest BCUT2D eigenvalue weighted by atomic mass is 9.85. The molecular weight excluding hydrogens is 292 g/mol. The van der Waals surface area contributed by atoms with E-state index < -0.39 is 62.7 Å². The molecule has 1 aliphatic rings. The van der Waals surface area contributed by atoms with Crippen LogP contribution in [0.25, 0.3) is 5.76 Å². The second-order valence-corrected chi connectivity index (χ2v) is 5.62. The fourth-order valence-electron chi connectivity index (χ4n) is 1.99. The third kappa shape index (κ3) is 1.95. The highest BCUT2D eigenvalue weighted by Gasteiger charge is 2.40. The van der Waals surface area contributed by atoms with Gasteiger partial charge in [-0.2, -0.15) is 0 Å². The summed E-state index contributed by atoms with van der Waals surface area (Å²) in [4.78, 5) is 24.0. The maximum Gasteiger partial charge on any atom is 0.199 e. The molecule has 0 aliphatic heterocycles. The number of ketones is 2. The Kier molecular flexibility index (Phi) is 3.19. The predicted octanol–water partition coefficient (Wildman–Crippen LogP) is 2.13. The maximum atomic E-state index is 13.6. The van der Waals surface area contributed by atoms with Crippen LogP contribution in [0.1, 0.15) is 36.7 Å². The molecule has 0 heterocycles. The molecule has 1 aromatic carbocycles. The maximum absolute atomic E-state index is 13.6. The van der Waals surface area contributed by atoms with Crippen molar-refractivity contribution in [2.75, 3.05) is 0 Å². The van der Waals surface area contributed by atoms with Crippen LogP contribution in [0, 0.1) is 28.7 Å². The van der Waals surface area contributed by atoms with Crippen molar-refractivity contribution in [3.05, 3.63) is 40.0 Å². The van der Waals surface area contributed by atoms with Crippen molar-refractivity contribution >= 4 is 17.3 Å². The summed E-state index contributed by atoms with van der Waals surface area (Å²) in [5, 5.41) is 12.0. The molecule has 21 heavy (non-hydrogen) atoms. The second kappa shape index (κ2) is 4.41. The number of hydrogen-bond donors (Lipinski definition) is 0. The predicted molar refractivity (Wildman–Crippen MR) is 62.0 cm³/mol. The number of carbonyl (C=O) groups is 2. The van der Waals surface area contributed by atoms with Crippen LogP contribution in [0.15, 0.2) is 5.57 Å². The summed E-state index contributed by atoms with van der Waals surface area (Å²) in [6.07, 6.45) is 0. The van der Waals surface area contributed by atoms with Gasteiger partial charge in [0.25, 0.3) is 0 Å². The van der Waals surface area contributed by atoms with E-state index in [0.717, 1.165) is 0 Å². The minimum absolute atomic E-state index is 0.951. The molecule has 0 atom stereocenters. The first kappa shape index (κ1) is 15.2. The van der Waals surface area contributed by atoms with Crippen LogP contribution >= 0.6 is 0 Å². The zero-order chi connectivity index (χ0) is 16.3. The van der Waals surface area contributed by atoms with E-state index in [2.05, 4.69) is 0 Å². The van der Waals surface area contributed by atoms with Crippen molar-refractivity contribution in [3.63, 3.8) is 0 Å². The first-order valence-corrected chi connectivity index (χ1v) is 5.87. The summed E-state index contributed by atoms with van der Waals surface area (Å²) >= 11 is 0. The highest BCUT2D eigenvalue weighted by atomic mass is 19.2. The van der Waals surface area contributed by atoms with Crippen LogP contribution < -0.4 is 5.11 Å². The van der Waals surface area contributed by atoms with Crippen molar-refractivity contribution < 1.29 is 32.3 Å². The van der Waals surface area contributed by atoms with Gasteiger partial charge < -0.3 is 5.11 Å². The summed E-state index contributed by atoms with van der Waals surface area (Å²) < 4.78 is 53.6. The molecule has 0 saturated carbocycles. The molecule has 112 valence electrons. The highest BCUT2D eigenvalue weighted by Crippen LogP contribution is 2.38. The molecule has 1 aromatic rings. The number of hydrogen-bond acceptors (Lipinski definition) is 3. The summed E-state index contributed by atoms with van der Waals surface area (Å²) in [5.74, 6) is -12.1. The van der Waals surface area contributed by atoms with Gasteiger partial charge in [-0.25, -0.2) is 17.6 Å². The molecule has 0 fully saturated rings. The van der Waals surface area contributed by atoms with E-state index in [0.29, 0.717) is 0 Å². The molecular formula is C14H9F4O3-. The molecule has 0 bridgehead atoms. The van der Waals surface area contributed by atoms with E-state index in [1.807, 2.05) is 0 Å². The van der Waals surface area contributed by atoms with Crippen LogP contribution in [0.3, 0.4) is 0 Å². The van der Waals surface area contributed by atoms with Gasteiger partial charge in [-0.3, -0.25) is 9.59 Å². The Hall–Kier alpha value is -2.18. The van der Waals surface area contributed by atoms with Gasteiger partial charge in [0.05, 0.1) is 11.1 Å². The molecule has 0 saturated heterocycles. The Labute approximate surface area is 116 Å². The summed E-state index contributed by atoms with van der Waals surface area (Å²) in [7, 11) is 0. The van der Waals surface area contributed by atoms with Crippen molar-refractivity contribution in [1.82, 2.24) is 0 Å². The Morgan fingerprint density at radius 1 is 0.905 bits per heavy atom. The van der Waals surface area contributed by atoms with Gasteiger partial charge in [0.2, 0.25) is 0 Å². The largest absolute Gasteiger partial charge is 0.871 e. The van der Waals surface area contributed by atoms with Gasteiger partial charge in [0.15, 0.2) is 34.8 Å². The molecule has 0 unspecified atom stereocenters. The molecule has 0 radical (unpaired) electrons. The van der Waals surface area contributed by atoms with E-state index in [4.69, 9.17) is 0 Å². The van der Waals surface area contributed by atoms with Crippen LogP contribution in [0.2, 0.25) is 0 Å². The second-order valence-electron chi connectivity index (χ2n) is 5.62. The lowest BCUT2D eigenvalue weighted by Gasteiger charge is -2.19. The average molecular weight is 301 g/mol. The number of Topliss-reactive ketones (excluding diaryl/α,β-unsaturated/α-hetero) is 2. The summed E-state index contributed by atoms with van der Waals surface area (Å²) in [6, 6.07) is 0. The normalized spacial score (nSPS) is 14.7. The number of fused-ring (bicyclic) bond motifs is 1. The molecule has 1 aliphatic carbocycles. The first-order valence-electron chi connectivity index (χ1n) is 5.87. The molecule has 2 rings (SSSR count). The molecule has 7 heteroatoms. The highest BCUT2D eigenvalue weighted by molar-refractivity contribution is 6.35. The van der Waals surface area contributed by atoms with Crippen molar-refractivity contribution in [2.24, 2.45) is 5.41 Å². The van der Waals surface area contributed by atoms with E-state index in [1.54, 1.807) is 0 Å². The molecule has 3 nitrogen and oxygen atoms in total. The van der Waals surface area contributed by atoms with Gasteiger partial charge in [-0.15, -0.1) is 0 Å². The Balaban J connectivity index is 2.81. The third-order valence-corrected chi connectivity index (χ3v) is 3.08. The lowest BCUT2D eigenvalue weighted by Crippen LogP contribution is -2.26. The fourth-order valence-corrected chi connectivity index (χ4v) is 1.99. The monoisotopic (exact) mass is 301 g/mol. The van der Waals surface area contributed by atoms with Gasteiger partial charge in [-0.05, 0) is 0 Å². The SMILES string of the molecule is CC(C)(C)C(=O)C1=C([O-])c2c(F)c(F)c(F)c(F)c2C1=O. The van der Waals surface area contributed by atoms with Crippen LogP contribution in [-0.2, 0) is 4.79 Å². The average Bonchev–Trinajstić information content (AvgIpc) is 2.63. The zero-order valence-corrected chi connectivity index (χ0v) is 11.2. The van der Waals surface area contributed by atoms with Gasteiger partial charge in [0, 0.05) is 11.0 Å². The van der Waals surface area contributed by atoms with Crippen LogP contribution in [0.5, 0.6) is 0 Å². The first-order chi connectivity index (χ1) is 9.50. The van der Waals surface area contributed by atoms with Gasteiger partial charge in [-0.1, -0.05) is 26.5 Å². The van der Waals surface area contributed by atoms with E-state index in [1.165, 1.54) is 20.8 Å². The molecule has 0 spiro atoms. The van der Waals surface area contributed by atoms with Gasteiger partial charge >= 0.3 is 0 Å². The van der Waals surface area contributed by atoms with Crippen molar-refractivity contribution in [3.8, 4) is 0 Å². The quantitative estimate of drug-likeness (QED) is 0.345. The van der Waals surface area contributed by atoms with Gasteiger partial charge in [0.1, 0.15) is 0 Å². The zero-order valence-electron chi connectivity index (χ0n) is 11.2. The summed E-state index contributed by atoms with van der Waals surface area (Å²) in [5.41, 5.74) is -4.62. The Bertz CT molecular complexity index is 727. The van der Waals surface area contributed by atoms with Crippen LogP contribution in [0.4, 0.5) is 17.6 Å². The minimum atomic E-state index is -2.20. The van der Waals surface area contributed by atoms with E-state index >= 15 is 0 Å². The summed E-state index contributed by atoms with van der Waals surface area (Å²) in [6.45, 7) is 4.17. The smallest absolute Gasteiger partial charge is 0.199 e. The minimum Gasteiger partial charge on any atom is -0.871 e. The molecule has 0 N–H and O–H groups in total. The third-order valence-electron chi connectivity index (χ3n) is 3.08. The van der Waals surface area contributed by atoms with Crippen molar-refractivity contribution in [1.29, 1.82) is 0 Å². The number of rotatable bonds is 1. The Morgan fingerprint density at radius 2 is 1.33 bits per heavy atom. The standard InChI is InChI=1S/C14H10F4O3/c1-14(2,3)13(21)6-11(19)4-5(12(6)20)8(16)10(18)9(17)7(4)15/h19H,1-3H3/p-1. The molecule has 0 aromatic heterocycles. The molecule has 0 amide bonds.